The van der Waals surface area contributed by atoms with Crippen LogP contribution in [0.4, 0.5) is 0 Å². The third-order valence-electron chi connectivity index (χ3n) is 4.64. The van der Waals surface area contributed by atoms with E-state index in [2.05, 4.69) is 5.16 Å². The molecule has 0 aliphatic carbocycles. The molecule has 3 aliphatic heterocycles. The number of ether oxygens (including phenoxy) is 1. The Morgan fingerprint density at radius 3 is 2.81 bits per heavy atom. The van der Waals surface area contributed by atoms with Crippen LogP contribution in [0.5, 0.6) is 0 Å². The fraction of sp³-hybridized carbons (Fsp3) is 0.667. The summed E-state index contributed by atoms with van der Waals surface area (Å²) in [7, 11) is 0. The molecule has 0 saturated carbocycles. The molecule has 3 saturated heterocycles. The van der Waals surface area contributed by atoms with E-state index in [-0.39, 0.29) is 23.8 Å². The van der Waals surface area contributed by atoms with E-state index in [0.717, 1.165) is 12.3 Å². The Morgan fingerprint density at radius 2 is 2.19 bits per heavy atom. The molecule has 1 aromatic rings. The average molecular weight is 293 g/mol. The van der Waals surface area contributed by atoms with E-state index >= 15 is 0 Å². The second-order valence-electron chi connectivity index (χ2n) is 5.96. The molecule has 1 N–H and O–H groups in total. The first-order valence-electron chi connectivity index (χ1n) is 7.69. The lowest BCUT2D eigenvalue weighted by Gasteiger charge is -2.42. The van der Waals surface area contributed by atoms with Gasteiger partial charge in [0.25, 0.3) is 0 Å². The van der Waals surface area contributed by atoms with Crippen LogP contribution in [0.2, 0.25) is 0 Å². The van der Waals surface area contributed by atoms with Crippen LogP contribution in [0, 0.1) is 5.92 Å². The molecule has 0 amide bonds. The summed E-state index contributed by atoms with van der Waals surface area (Å²) in [5, 5.41) is 3.62. The number of quaternary nitrogens is 1. The predicted octanol–water partition coefficient (Wildman–Crippen LogP) is 0.491. The van der Waals surface area contributed by atoms with Crippen molar-refractivity contribution in [3.63, 3.8) is 0 Å². The van der Waals surface area contributed by atoms with Crippen molar-refractivity contribution in [1.29, 1.82) is 0 Å². The van der Waals surface area contributed by atoms with Crippen LogP contribution in [0.25, 0.3) is 0 Å². The van der Waals surface area contributed by atoms with Gasteiger partial charge in [-0.05, 0) is 25.7 Å². The van der Waals surface area contributed by atoms with E-state index in [4.69, 9.17) is 9.26 Å². The number of rotatable bonds is 5. The number of hydrogen-bond acceptors (Lipinski definition) is 5. The number of carbonyl (C=O) groups excluding carboxylic acids is 2. The summed E-state index contributed by atoms with van der Waals surface area (Å²) in [5.41, 5.74) is 0.0676. The number of fused-ring (bicyclic) bond motifs is 3. The van der Waals surface area contributed by atoms with E-state index in [1.807, 2.05) is 0 Å². The first-order chi connectivity index (χ1) is 10.2. The third kappa shape index (κ3) is 3.00. The number of aromatic nitrogens is 1. The standard InChI is InChI=1S/C15H20N2O4/c1-2-20-15(19)12-9-14(21-16-12)13(18)8-11-7-10-3-5-17(11)6-4-10/h9-11H,2-8H2,1H3/p+1. The summed E-state index contributed by atoms with van der Waals surface area (Å²) >= 11 is 0. The van der Waals surface area contributed by atoms with Crippen molar-refractivity contribution in [1.82, 2.24) is 5.16 Å². The van der Waals surface area contributed by atoms with Gasteiger partial charge < -0.3 is 14.2 Å². The summed E-state index contributed by atoms with van der Waals surface area (Å²) < 4.78 is 9.84. The number of hydrogen-bond donors (Lipinski definition) is 1. The van der Waals surface area contributed by atoms with Crippen LogP contribution >= 0.6 is 0 Å². The van der Waals surface area contributed by atoms with E-state index in [1.165, 1.54) is 36.9 Å². The van der Waals surface area contributed by atoms with Gasteiger partial charge in [-0.25, -0.2) is 4.79 Å². The number of piperidine rings is 3. The second-order valence-corrected chi connectivity index (χ2v) is 5.96. The van der Waals surface area contributed by atoms with Gasteiger partial charge in [0.2, 0.25) is 11.5 Å². The molecule has 3 aliphatic rings. The van der Waals surface area contributed by atoms with Gasteiger partial charge in [-0.15, -0.1) is 0 Å². The maximum atomic E-state index is 12.3. The molecule has 4 heterocycles. The first-order valence-corrected chi connectivity index (χ1v) is 7.69. The lowest BCUT2D eigenvalue weighted by atomic mass is 9.81. The molecule has 1 aromatic heterocycles. The molecule has 1 atom stereocenters. The Kier molecular flexibility index (Phi) is 4.05. The lowest BCUT2D eigenvalue weighted by molar-refractivity contribution is -0.941. The van der Waals surface area contributed by atoms with Gasteiger partial charge >= 0.3 is 5.97 Å². The molecule has 21 heavy (non-hydrogen) atoms. The van der Waals surface area contributed by atoms with Gasteiger partial charge in [0.05, 0.1) is 32.2 Å². The van der Waals surface area contributed by atoms with Gasteiger partial charge in [-0.2, -0.15) is 0 Å². The highest BCUT2D eigenvalue weighted by atomic mass is 16.5. The molecule has 2 bridgehead atoms. The van der Waals surface area contributed by atoms with Gasteiger partial charge in [-0.1, -0.05) is 5.16 Å². The summed E-state index contributed by atoms with van der Waals surface area (Å²) in [6.45, 7) is 4.34. The van der Waals surface area contributed by atoms with E-state index in [9.17, 15) is 9.59 Å². The van der Waals surface area contributed by atoms with Crippen LogP contribution in [-0.4, -0.2) is 42.6 Å². The molecule has 3 fully saturated rings. The monoisotopic (exact) mass is 293 g/mol. The Labute approximate surface area is 123 Å². The molecule has 0 spiro atoms. The van der Waals surface area contributed by atoms with Crippen LogP contribution in [0.15, 0.2) is 10.6 Å². The number of nitrogens with zero attached hydrogens (tertiary/aromatic N) is 1. The number of carbonyl (C=O) groups is 2. The summed E-state index contributed by atoms with van der Waals surface area (Å²) in [5.74, 6) is 0.333. The summed E-state index contributed by atoms with van der Waals surface area (Å²) in [6, 6.07) is 1.78. The molecule has 6 heteroatoms. The maximum absolute atomic E-state index is 12.3. The van der Waals surface area contributed by atoms with Crippen molar-refractivity contribution in [2.24, 2.45) is 5.92 Å². The highest BCUT2D eigenvalue weighted by Gasteiger charge is 2.38. The quantitative estimate of drug-likeness (QED) is 0.632. The zero-order valence-corrected chi connectivity index (χ0v) is 12.3. The molecule has 0 aromatic carbocycles. The number of nitrogens with one attached hydrogen (secondary N) is 1. The average Bonchev–Trinajstić information content (AvgIpc) is 2.99. The Morgan fingerprint density at radius 1 is 1.43 bits per heavy atom. The predicted molar refractivity (Wildman–Crippen MR) is 73.2 cm³/mol. The van der Waals surface area contributed by atoms with Crippen molar-refractivity contribution >= 4 is 11.8 Å². The largest absolute Gasteiger partial charge is 0.461 e. The Hall–Kier alpha value is -1.69. The topological polar surface area (TPSA) is 73.8 Å². The minimum atomic E-state index is -0.550. The minimum Gasteiger partial charge on any atom is -0.461 e. The zero-order chi connectivity index (χ0) is 14.8. The van der Waals surface area contributed by atoms with Crippen LogP contribution in [0.1, 0.15) is 53.7 Å². The minimum absolute atomic E-state index is 0.0666. The Bertz CT molecular complexity index is 532. The van der Waals surface area contributed by atoms with Crippen LogP contribution in [0.3, 0.4) is 0 Å². The maximum Gasteiger partial charge on any atom is 0.360 e. The second kappa shape index (κ2) is 5.97. The van der Waals surface area contributed by atoms with Crippen LogP contribution in [-0.2, 0) is 4.74 Å². The fourth-order valence-corrected chi connectivity index (χ4v) is 3.52. The third-order valence-corrected chi connectivity index (χ3v) is 4.64. The summed E-state index contributed by atoms with van der Waals surface area (Å²) in [4.78, 5) is 25.3. The SMILES string of the molecule is CCOC(=O)c1cc(C(=O)CC2CC3CC[NH+]2CC3)on1. The van der Waals surface area contributed by atoms with Crippen LogP contribution < -0.4 is 4.90 Å². The Balaban J connectivity index is 1.62. The molecule has 4 rings (SSSR count). The molecular formula is C15H21N2O4+. The van der Waals surface area contributed by atoms with Gasteiger partial charge in [0, 0.05) is 12.5 Å². The van der Waals surface area contributed by atoms with Gasteiger partial charge in [0.15, 0.2) is 5.69 Å². The molecule has 1 unspecified atom stereocenters. The van der Waals surface area contributed by atoms with Crippen molar-refractivity contribution in [3.05, 3.63) is 17.5 Å². The normalized spacial score (nSPS) is 27.6. The van der Waals surface area contributed by atoms with Crippen molar-refractivity contribution in [3.8, 4) is 0 Å². The number of esters is 1. The smallest absolute Gasteiger partial charge is 0.360 e. The van der Waals surface area contributed by atoms with E-state index < -0.39 is 5.97 Å². The molecule has 6 nitrogen and oxygen atoms in total. The first kappa shape index (κ1) is 14.3. The highest BCUT2D eigenvalue weighted by Crippen LogP contribution is 2.23. The number of Topliss-reactive ketones (excluding diaryl/α,β-unsaturated/α-hetero) is 1. The summed E-state index contributed by atoms with van der Waals surface area (Å²) in [6.07, 6.45) is 4.17. The highest BCUT2D eigenvalue weighted by molar-refractivity contribution is 5.96. The molecular weight excluding hydrogens is 272 g/mol. The fourth-order valence-electron chi connectivity index (χ4n) is 3.52. The number of ketones is 1. The van der Waals surface area contributed by atoms with E-state index in [1.54, 1.807) is 6.92 Å². The van der Waals surface area contributed by atoms with Gasteiger partial charge in [-0.3, -0.25) is 4.79 Å². The lowest BCUT2D eigenvalue weighted by Crippen LogP contribution is -3.18. The van der Waals surface area contributed by atoms with E-state index in [0.29, 0.717) is 12.5 Å². The van der Waals surface area contributed by atoms with Gasteiger partial charge in [0.1, 0.15) is 0 Å². The zero-order valence-electron chi connectivity index (χ0n) is 12.3. The molecule has 114 valence electrons. The van der Waals surface area contributed by atoms with Crippen molar-refractivity contribution < 1.29 is 23.7 Å². The van der Waals surface area contributed by atoms with Crippen molar-refractivity contribution in [2.75, 3.05) is 19.7 Å². The molecule has 0 radical (unpaired) electrons. The van der Waals surface area contributed by atoms with Crippen molar-refractivity contribution in [2.45, 2.75) is 38.6 Å².